The highest BCUT2D eigenvalue weighted by molar-refractivity contribution is 7.47. The van der Waals surface area contributed by atoms with E-state index in [1.165, 1.54) is 283 Å². The molecule has 0 aliphatic rings. The molecule has 0 bridgehead atoms. The Kier molecular flexibility index (Phi) is 75.8. The number of aliphatic hydroxyl groups is 1. The van der Waals surface area contributed by atoms with Gasteiger partial charge in [0.25, 0.3) is 0 Å². The van der Waals surface area contributed by atoms with E-state index in [9.17, 15) is 43.2 Å². The van der Waals surface area contributed by atoms with Crippen molar-refractivity contribution >= 4 is 39.5 Å². The number of carbonyl (C=O) groups excluding carboxylic acids is 4. The van der Waals surface area contributed by atoms with Crippen LogP contribution in [0.25, 0.3) is 0 Å². The maximum atomic E-state index is 13.1. The Morgan fingerprint density at radius 1 is 0.235 bits per heavy atom. The van der Waals surface area contributed by atoms with E-state index in [1.54, 1.807) is 0 Å². The lowest BCUT2D eigenvalue weighted by atomic mass is 10.0. The molecule has 0 rings (SSSR count). The largest absolute Gasteiger partial charge is 0.472 e. The number of rotatable bonds is 84. The quantitative estimate of drug-likeness (QED) is 0.0222. The summed E-state index contributed by atoms with van der Waals surface area (Å²) < 4.78 is 68.8. The van der Waals surface area contributed by atoms with Crippen molar-refractivity contribution in [3.8, 4) is 0 Å². The molecule has 0 saturated heterocycles. The van der Waals surface area contributed by atoms with Gasteiger partial charge in [0.05, 0.1) is 26.4 Å². The fraction of sp³-hybridized carbons (Fsp3) is 0.952. The van der Waals surface area contributed by atoms with Gasteiger partial charge >= 0.3 is 39.5 Å². The van der Waals surface area contributed by atoms with E-state index < -0.39 is 97.5 Å². The van der Waals surface area contributed by atoms with Crippen LogP contribution in [0.3, 0.4) is 0 Å². The number of phosphoric ester groups is 2. The average molecular weight is 1490 g/mol. The Morgan fingerprint density at radius 3 is 0.578 bits per heavy atom. The zero-order chi connectivity index (χ0) is 74.6. The van der Waals surface area contributed by atoms with Crippen molar-refractivity contribution < 1.29 is 80.2 Å². The van der Waals surface area contributed by atoms with Crippen molar-refractivity contribution in [3.05, 3.63) is 0 Å². The maximum absolute atomic E-state index is 13.1. The lowest BCUT2D eigenvalue weighted by Crippen LogP contribution is -2.30. The minimum atomic E-state index is -4.96. The van der Waals surface area contributed by atoms with Gasteiger partial charge in [0.1, 0.15) is 19.3 Å². The van der Waals surface area contributed by atoms with Crippen LogP contribution in [0.2, 0.25) is 0 Å². The summed E-state index contributed by atoms with van der Waals surface area (Å²) in [5.41, 5.74) is 0. The number of aliphatic hydroxyl groups excluding tert-OH is 1. The number of hydrogen-bond donors (Lipinski definition) is 3. The highest BCUT2D eigenvalue weighted by atomic mass is 31.2. The Hall–Kier alpha value is -1.94. The highest BCUT2D eigenvalue weighted by Gasteiger charge is 2.30. The van der Waals surface area contributed by atoms with Crippen LogP contribution in [-0.2, 0) is 65.4 Å². The van der Waals surface area contributed by atoms with Crippen LogP contribution in [0, 0.1) is 0 Å². The number of hydrogen-bond acceptors (Lipinski definition) is 15. The molecule has 0 aliphatic heterocycles. The van der Waals surface area contributed by atoms with E-state index in [0.29, 0.717) is 25.7 Å². The maximum Gasteiger partial charge on any atom is 0.472 e. The normalized spacial score (nSPS) is 13.8. The second kappa shape index (κ2) is 77.2. The average Bonchev–Trinajstić information content (AvgIpc) is 0.907. The number of phosphoric acid groups is 2. The zero-order valence-electron chi connectivity index (χ0n) is 66.6. The molecule has 0 aromatic rings. The molecule has 0 spiro atoms. The first-order valence-electron chi connectivity index (χ1n) is 43.3. The van der Waals surface area contributed by atoms with Gasteiger partial charge in [-0.1, -0.05) is 400 Å². The second-order valence-corrected chi connectivity index (χ2v) is 32.8. The van der Waals surface area contributed by atoms with E-state index in [4.69, 9.17) is 37.0 Å². The van der Waals surface area contributed by atoms with Crippen molar-refractivity contribution in [2.24, 2.45) is 0 Å². The first-order valence-corrected chi connectivity index (χ1v) is 46.3. The molecule has 0 radical (unpaired) electrons. The molecule has 0 aliphatic carbocycles. The van der Waals surface area contributed by atoms with Crippen molar-refractivity contribution in [2.75, 3.05) is 39.6 Å². The third kappa shape index (κ3) is 76.3. The molecule has 0 heterocycles. The third-order valence-corrected chi connectivity index (χ3v) is 21.5. The van der Waals surface area contributed by atoms with Gasteiger partial charge in [0.15, 0.2) is 12.2 Å². The SMILES string of the molecule is CCCCCCCCCCCCCCCCCCCCCCCCC(=O)O[C@H](COC(=O)CCCCCCCCCCCCCCCCCCC)COP(=O)(O)OC[C@@H](O)COP(=O)(O)OC[C@@H](COC(=O)CCCCCCCCCCCC)OC(=O)CCCCCCCCCCCCCCC. The molecular weight excluding hydrogens is 1330 g/mol. The van der Waals surface area contributed by atoms with Gasteiger partial charge in [-0.05, 0) is 25.7 Å². The Morgan fingerprint density at radius 2 is 0.392 bits per heavy atom. The molecular formula is C83H162O17P2. The number of unbranched alkanes of at least 4 members (excludes halogenated alkanes) is 58. The van der Waals surface area contributed by atoms with Crippen LogP contribution in [0.5, 0.6) is 0 Å². The van der Waals surface area contributed by atoms with E-state index in [0.717, 1.165) is 89.9 Å². The van der Waals surface area contributed by atoms with E-state index in [2.05, 4.69) is 27.7 Å². The summed E-state index contributed by atoms with van der Waals surface area (Å²) in [6.45, 7) is 5.03. The highest BCUT2D eigenvalue weighted by Crippen LogP contribution is 2.45. The van der Waals surface area contributed by atoms with Gasteiger partial charge < -0.3 is 33.8 Å². The minimum Gasteiger partial charge on any atom is -0.462 e. The van der Waals surface area contributed by atoms with Gasteiger partial charge in [-0.15, -0.1) is 0 Å². The fourth-order valence-electron chi connectivity index (χ4n) is 13.0. The first kappa shape index (κ1) is 100. The summed E-state index contributed by atoms with van der Waals surface area (Å²) in [4.78, 5) is 73.0. The summed E-state index contributed by atoms with van der Waals surface area (Å²) in [6.07, 6.45) is 70.8. The Labute approximate surface area is 626 Å². The standard InChI is InChI=1S/C83H162O17P2/c1-5-9-13-17-21-25-29-32-34-36-37-38-39-40-42-44-47-50-54-58-62-66-70-83(88)100-79(74-94-81(86)68-64-60-56-52-48-46-43-41-35-33-30-26-22-18-14-10-6-2)76-98-102(91,92)96-72-77(84)71-95-101(89,90)97-75-78(73-93-80(85)67-63-59-55-51-28-24-20-16-12-8-4)99-82(87)69-65-61-57-53-49-45-31-27-23-19-15-11-7-3/h77-79,84H,5-76H2,1-4H3,(H,89,90)(H,91,92)/t77-,78+,79+/m0/s1. The monoisotopic (exact) mass is 1490 g/mol. The Balaban J connectivity index is 5.20. The van der Waals surface area contributed by atoms with Crippen molar-refractivity contribution in [2.45, 2.75) is 470 Å². The molecule has 0 amide bonds. The smallest absolute Gasteiger partial charge is 0.462 e. The molecule has 3 N–H and O–H groups in total. The molecule has 2 unspecified atom stereocenters. The topological polar surface area (TPSA) is 237 Å². The van der Waals surface area contributed by atoms with Crippen LogP contribution in [0.15, 0.2) is 0 Å². The summed E-state index contributed by atoms with van der Waals surface area (Å²) in [7, 11) is -9.92. The zero-order valence-corrected chi connectivity index (χ0v) is 68.4. The summed E-state index contributed by atoms with van der Waals surface area (Å²) in [6, 6.07) is 0. The van der Waals surface area contributed by atoms with Gasteiger partial charge in [-0.2, -0.15) is 0 Å². The molecule has 5 atom stereocenters. The molecule has 19 heteroatoms. The molecule has 0 saturated carbocycles. The molecule has 0 aromatic carbocycles. The van der Waals surface area contributed by atoms with Crippen molar-refractivity contribution in [3.63, 3.8) is 0 Å². The van der Waals surface area contributed by atoms with E-state index in [1.807, 2.05) is 0 Å². The van der Waals surface area contributed by atoms with Crippen LogP contribution >= 0.6 is 15.6 Å². The van der Waals surface area contributed by atoms with Crippen LogP contribution in [0.4, 0.5) is 0 Å². The first-order chi connectivity index (χ1) is 49.7. The molecule has 17 nitrogen and oxygen atoms in total. The number of carbonyl (C=O) groups is 4. The molecule has 0 aromatic heterocycles. The molecule has 102 heavy (non-hydrogen) atoms. The van der Waals surface area contributed by atoms with Crippen LogP contribution in [-0.4, -0.2) is 96.7 Å². The predicted molar refractivity (Wildman–Crippen MR) is 419 cm³/mol. The van der Waals surface area contributed by atoms with Gasteiger partial charge in [0, 0.05) is 25.7 Å². The second-order valence-electron chi connectivity index (χ2n) is 29.9. The van der Waals surface area contributed by atoms with Gasteiger partial charge in [-0.3, -0.25) is 37.3 Å². The summed E-state index contributed by atoms with van der Waals surface area (Å²) in [5.74, 6) is -2.10. The number of esters is 4. The fourth-order valence-corrected chi connectivity index (χ4v) is 14.6. The lowest BCUT2D eigenvalue weighted by Gasteiger charge is -2.21. The van der Waals surface area contributed by atoms with E-state index >= 15 is 0 Å². The third-order valence-electron chi connectivity index (χ3n) is 19.6. The molecule has 0 fully saturated rings. The van der Waals surface area contributed by atoms with Crippen LogP contribution < -0.4 is 0 Å². The van der Waals surface area contributed by atoms with Crippen molar-refractivity contribution in [1.29, 1.82) is 0 Å². The predicted octanol–water partition coefficient (Wildman–Crippen LogP) is 25.4. The summed E-state index contributed by atoms with van der Waals surface area (Å²) in [5, 5.41) is 10.6. The van der Waals surface area contributed by atoms with Gasteiger partial charge in [-0.25, -0.2) is 9.13 Å². The van der Waals surface area contributed by atoms with Crippen LogP contribution in [0.1, 0.15) is 451 Å². The Bertz CT molecular complexity index is 1930. The number of ether oxygens (including phenoxy) is 4. The van der Waals surface area contributed by atoms with E-state index in [-0.39, 0.29) is 25.7 Å². The van der Waals surface area contributed by atoms with Gasteiger partial charge in [0.2, 0.25) is 0 Å². The summed E-state index contributed by atoms with van der Waals surface area (Å²) >= 11 is 0. The van der Waals surface area contributed by atoms with Crippen molar-refractivity contribution in [1.82, 2.24) is 0 Å². The lowest BCUT2D eigenvalue weighted by molar-refractivity contribution is -0.161. The minimum absolute atomic E-state index is 0.108. The molecule has 606 valence electrons.